The van der Waals surface area contributed by atoms with E-state index in [9.17, 15) is 9.59 Å². The molecular formula is C38H50O6. The van der Waals surface area contributed by atoms with Gasteiger partial charge in [-0.1, -0.05) is 102 Å². The number of carbonyl (C=O) groups is 2. The van der Waals surface area contributed by atoms with E-state index in [1.807, 2.05) is 48.5 Å². The Balaban J connectivity index is 1.39. The van der Waals surface area contributed by atoms with E-state index < -0.39 is 12.1 Å². The Hall–Kier alpha value is -3.80. The lowest BCUT2D eigenvalue weighted by atomic mass is 10.1. The molecule has 3 aromatic rings. The Bertz CT molecular complexity index is 1220. The number of rotatable bonds is 21. The van der Waals surface area contributed by atoms with Crippen LogP contribution in [0, 0.1) is 0 Å². The maximum Gasteiger partial charge on any atom is 0.347 e. The Morgan fingerprint density at radius 2 is 1.05 bits per heavy atom. The molecule has 0 amide bonds. The van der Waals surface area contributed by atoms with Gasteiger partial charge in [-0.05, 0) is 79.4 Å². The van der Waals surface area contributed by atoms with Crippen molar-refractivity contribution in [3.63, 3.8) is 0 Å². The third-order valence-corrected chi connectivity index (χ3v) is 7.50. The van der Waals surface area contributed by atoms with Crippen LogP contribution in [0.5, 0.6) is 17.2 Å². The molecular weight excluding hydrogens is 552 g/mol. The highest BCUT2D eigenvalue weighted by molar-refractivity contribution is 5.91. The number of carbonyl (C=O) groups excluding carboxylic acids is 2. The van der Waals surface area contributed by atoms with Crippen LogP contribution in [-0.2, 0) is 9.53 Å². The minimum absolute atomic E-state index is 0.353. The number of ether oxygens (including phenoxy) is 4. The summed E-state index contributed by atoms with van der Waals surface area (Å²) in [5.74, 6) is 1.06. The van der Waals surface area contributed by atoms with Crippen LogP contribution in [0.3, 0.4) is 0 Å². The molecule has 3 rings (SSSR count). The molecule has 0 heterocycles. The van der Waals surface area contributed by atoms with Gasteiger partial charge in [0.2, 0.25) is 0 Å². The van der Waals surface area contributed by atoms with E-state index in [-0.39, 0.29) is 5.97 Å². The van der Waals surface area contributed by atoms with Crippen LogP contribution in [0.1, 0.15) is 108 Å². The van der Waals surface area contributed by atoms with E-state index in [0.717, 1.165) is 49.0 Å². The monoisotopic (exact) mass is 602 g/mol. The molecule has 0 radical (unpaired) electrons. The molecule has 0 spiro atoms. The highest BCUT2D eigenvalue weighted by Gasteiger charge is 2.16. The molecule has 1 atom stereocenters. The average Bonchev–Trinajstić information content (AvgIpc) is 3.05. The van der Waals surface area contributed by atoms with Gasteiger partial charge in [-0.2, -0.15) is 0 Å². The van der Waals surface area contributed by atoms with Gasteiger partial charge >= 0.3 is 11.9 Å². The zero-order valence-electron chi connectivity index (χ0n) is 26.9. The van der Waals surface area contributed by atoms with E-state index >= 15 is 0 Å². The third-order valence-electron chi connectivity index (χ3n) is 7.50. The summed E-state index contributed by atoms with van der Waals surface area (Å²) in [6, 6.07) is 22.0. The highest BCUT2D eigenvalue weighted by Crippen LogP contribution is 2.26. The topological polar surface area (TPSA) is 71.1 Å². The van der Waals surface area contributed by atoms with Gasteiger partial charge in [0.15, 0.2) is 6.10 Å². The molecule has 0 saturated carbocycles. The summed E-state index contributed by atoms with van der Waals surface area (Å²) in [5, 5.41) is 0. The first kappa shape index (κ1) is 34.7. The van der Waals surface area contributed by atoms with Gasteiger partial charge in [0.25, 0.3) is 0 Å². The first-order valence-electron chi connectivity index (χ1n) is 16.5. The van der Waals surface area contributed by atoms with E-state index in [2.05, 4.69) is 13.8 Å². The number of unbranched alkanes of at least 4 members (excludes halogenated alkanes) is 10. The first-order valence-corrected chi connectivity index (χ1v) is 16.5. The van der Waals surface area contributed by atoms with E-state index in [1.165, 1.54) is 44.9 Å². The van der Waals surface area contributed by atoms with E-state index in [1.54, 1.807) is 31.2 Å². The van der Waals surface area contributed by atoms with Crippen molar-refractivity contribution in [3.05, 3.63) is 78.4 Å². The van der Waals surface area contributed by atoms with E-state index in [0.29, 0.717) is 30.3 Å². The van der Waals surface area contributed by atoms with Gasteiger partial charge in [0.1, 0.15) is 17.2 Å². The minimum Gasteiger partial charge on any atom is -0.494 e. The van der Waals surface area contributed by atoms with Gasteiger partial charge in [-0.15, -0.1) is 0 Å². The lowest BCUT2D eigenvalue weighted by molar-refractivity contribution is -0.151. The summed E-state index contributed by atoms with van der Waals surface area (Å²) in [6.07, 6.45) is 13.7. The molecule has 3 aromatic carbocycles. The van der Waals surface area contributed by atoms with Crippen molar-refractivity contribution in [2.45, 2.75) is 104 Å². The second-order valence-electron chi connectivity index (χ2n) is 11.3. The molecule has 238 valence electrons. The smallest absolute Gasteiger partial charge is 0.347 e. The van der Waals surface area contributed by atoms with E-state index in [4.69, 9.17) is 18.9 Å². The summed E-state index contributed by atoms with van der Waals surface area (Å²) in [6.45, 7) is 7.20. The second-order valence-corrected chi connectivity index (χ2v) is 11.3. The number of hydrogen-bond acceptors (Lipinski definition) is 6. The highest BCUT2D eigenvalue weighted by atomic mass is 16.6. The molecule has 44 heavy (non-hydrogen) atoms. The molecule has 0 N–H and O–H groups in total. The second kappa shape index (κ2) is 20.2. The Kier molecular flexibility index (Phi) is 15.9. The fourth-order valence-electron chi connectivity index (χ4n) is 4.79. The zero-order chi connectivity index (χ0) is 31.4. The fraction of sp³-hybridized carbons (Fsp3) is 0.474. The maximum atomic E-state index is 12.7. The largest absolute Gasteiger partial charge is 0.494 e. The first-order chi connectivity index (χ1) is 21.5. The van der Waals surface area contributed by atoms with Crippen molar-refractivity contribution in [2.24, 2.45) is 0 Å². The lowest BCUT2D eigenvalue weighted by Crippen LogP contribution is -2.26. The predicted octanol–water partition coefficient (Wildman–Crippen LogP) is 9.98. The molecule has 1 unspecified atom stereocenters. The van der Waals surface area contributed by atoms with Gasteiger partial charge in [0.05, 0.1) is 18.8 Å². The predicted molar refractivity (Wildman–Crippen MR) is 177 cm³/mol. The third kappa shape index (κ3) is 12.8. The van der Waals surface area contributed by atoms with Crippen LogP contribution in [0.15, 0.2) is 72.8 Å². The molecule has 0 aromatic heterocycles. The lowest BCUT2D eigenvalue weighted by Gasteiger charge is -2.14. The maximum absolute atomic E-state index is 12.7. The van der Waals surface area contributed by atoms with Crippen LogP contribution in [0.2, 0.25) is 0 Å². The number of esters is 2. The molecule has 0 aliphatic rings. The normalized spacial score (nSPS) is 11.5. The molecule has 0 aliphatic heterocycles. The molecule has 6 heteroatoms. The van der Waals surface area contributed by atoms with Gasteiger partial charge < -0.3 is 18.9 Å². The molecule has 0 aliphatic carbocycles. The standard InChI is InChI=1S/C38H50O6/c1-4-6-8-10-11-12-13-15-28-41-34-22-20-33(21-23-34)38(40)44-36-26-18-32(19-27-36)31-16-24-35(25-17-31)43-30(3)37(39)42-29-14-9-7-5-2/h16-27,30H,4-15,28-29H2,1-3H3. The number of benzene rings is 3. The van der Waals surface area contributed by atoms with Gasteiger partial charge in [-0.25, -0.2) is 9.59 Å². The fourth-order valence-corrected chi connectivity index (χ4v) is 4.79. The van der Waals surface area contributed by atoms with Crippen LogP contribution in [0.4, 0.5) is 0 Å². The minimum atomic E-state index is -0.676. The molecule has 0 bridgehead atoms. The molecule has 6 nitrogen and oxygen atoms in total. The van der Waals surface area contributed by atoms with Crippen LogP contribution < -0.4 is 14.2 Å². The Labute approximate surface area is 264 Å². The number of hydrogen-bond donors (Lipinski definition) is 0. The SMILES string of the molecule is CCCCCCCCCCOc1ccc(C(=O)Oc2ccc(-c3ccc(OC(C)C(=O)OCCCCCC)cc3)cc2)cc1. The summed E-state index contributed by atoms with van der Waals surface area (Å²) < 4.78 is 22.5. The van der Waals surface area contributed by atoms with Gasteiger partial charge in [0, 0.05) is 0 Å². The quantitative estimate of drug-likeness (QED) is 0.0686. The average molecular weight is 603 g/mol. The van der Waals surface area contributed by atoms with Crippen molar-refractivity contribution in [2.75, 3.05) is 13.2 Å². The van der Waals surface area contributed by atoms with Crippen LogP contribution in [0.25, 0.3) is 11.1 Å². The van der Waals surface area contributed by atoms with Gasteiger partial charge in [-0.3, -0.25) is 0 Å². The van der Waals surface area contributed by atoms with Crippen molar-refractivity contribution in [1.29, 1.82) is 0 Å². The summed E-state index contributed by atoms with van der Waals surface area (Å²) in [4.78, 5) is 24.9. The molecule has 0 saturated heterocycles. The Morgan fingerprint density at radius 1 is 0.568 bits per heavy atom. The van der Waals surface area contributed by atoms with Crippen LogP contribution >= 0.6 is 0 Å². The van der Waals surface area contributed by atoms with Crippen molar-refractivity contribution in [1.82, 2.24) is 0 Å². The van der Waals surface area contributed by atoms with Crippen molar-refractivity contribution >= 4 is 11.9 Å². The van der Waals surface area contributed by atoms with Crippen molar-refractivity contribution < 1.29 is 28.5 Å². The molecule has 0 fully saturated rings. The van der Waals surface area contributed by atoms with Crippen molar-refractivity contribution in [3.8, 4) is 28.4 Å². The summed E-state index contributed by atoms with van der Waals surface area (Å²) in [5.41, 5.74) is 2.41. The van der Waals surface area contributed by atoms with Crippen LogP contribution in [-0.4, -0.2) is 31.3 Å². The summed E-state index contributed by atoms with van der Waals surface area (Å²) >= 11 is 0. The summed E-state index contributed by atoms with van der Waals surface area (Å²) in [7, 11) is 0. The zero-order valence-corrected chi connectivity index (χ0v) is 26.9. The Morgan fingerprint density at radius 3 is 1.64 bits per heavy atom.